The molecule has 0 spiro atoms. The predicted octanol–water partition coefficient (Wildman–Crippen LogP) is 4.74. The summed E-state index contributed by atoms with van der Waals surface area (Å²) in [6.45, 7) is 9.73. The van der Waals surface area contributed by atoms with Crippen LogP contribution in [0.25, 0.3) is 0 Å². The van der Waals surface area contributed by atoms with E-state index in [2.05, 4.69) is 51.2 Å². The molecule has 1 nitrogen and oxygen atoms in total. The van der Waals surface area contributed by atoms with Crippen LogP contribution in [0.2, 0.25) is 5.02 Å². The van der Waals surface area contributed by atoms with Gasteiger partial charge in [0, 0.05) is 11.1 Å². The van der Waals surface area contributed by atoms with Gasteiger partial charge in [0.05, 0.1) is 0 Å². The van der Waals surface area contributed by atoms with Gasteiger partial charge in [-0.3, -0.25) is 0 Å². The Kier molecular flexibility index (Phi) is 6.01. The minimum Gasteiger partial charge on any atom is -0.310 e. The first-order chi connectivity index (χ1) is 8.10. The SMILES string of the molecule is CCNC(CC(C)CC)c1cccc(C)c1Cl. The first-order valence-electron chi connectivity index (χ1n) is 6.58. The molecule has 0 saturated heterocycles. The molecule has 1 aromatic rings. The van der Waals surface area contributed by atoms with E-state index in [-0.39, 0.29) is 0 Å². The van der Waals surface area contributed by atoms with Crippen LogP contribution in [0.3, 0.4) is 0 Å². The maximum atomic E-state index is 6.41. The number of aryl methyl sites for hydroxylation is 1. The summed E-state index contributed by atoms with van der Waals surface area (Å²) in [5, 5.41) is 4.47. The summed E-state index contributed by atoms with van der Waals surface area (Å²) in [6, 6.07) is 6.68. The van der Waals surface area contributed by atoms with Crippen LogP contribution in [0.4, 0.5) is 0 Å². The van der Waals surface area contributed by atoms with E-state index in [1.165, 1.54) is 12.0 Å². The second-order valence-electron chi connectivity index (χ2n) is 4.84. The molecule has 1 N–H and O–H groups in total. The lowest BCUT2D eigenvalue weighted by Crippen LogP contribution is -2.23. The lowest BCUT2D eigenvalue weighted by Gasteiger charge is -2.23. The van der Waals surface area contributed by atoms with Crippen LogP contribution in [0.15, 0.2) is 18.2 Å². The van der Waals surface area contributed by atoms with Gasteiger partial charge >= 0.3 is 0 Å². The average molecular weight is 254 g/mol. The van der Waals surface area contributed by atoms with Crippen molar-refractivity contribution >= 4 is 11.6 Å². The van der Waals surface area contributed by atoms with Gasteiger partial charge in [-0.2, -0.15) is 0 Å². The highest BCUT2D eigenvalue weighted by Crippen LogP contribution is 2.30. The summed E-state index contributed by atoms with van der Waals surface area (Å²) >= 11 is 6.41. The summed E-state index contributed by atoms with van der Waals surface area (Å²) in [7, 11) is 0. The van der Waals surface area contributed by atoms with Crippen molar-refractivity contribution in [2.24, 2.45) is 5.92 Å². The minimum absolute atomic E-state index is 0.377. The zero-order valence-electron chi connectivity index (χ0n) is 11.4. The third kappa shape index (κ3) is 4.01. The maximum Gasteiger partial charge on any atom is 0.0482 e. The van der Waals surface area contributed by atoms with E-state index in [1.807, 2.05) is 0 Å². The molecule has 0 radical (unpaired) electrons. The lowest BCUT2D eigenvalue weighted by atomic mass is 9.93. The number of nitrogens with one attached hydrogen (secondary N) is 1. The molecule has 0 aromatic heterocycles. The van der Waals surface area contributed by atoms with Crippen molar-refractivity contribution in [3.05, 3.63) is 34.3 Å². The van der Waals surface area contributed by atoms with E-state index in [4.69, 9.17) is 11.6 Å². The third-order valence-corrected chi connectivity index (χ3v) is 3.90. The highest BCUT2D eigenvalue weighted by atomic mass is 35.5. The molecule has 2 unspecified atom stereocenters. The molecule has 0 aliphatic heterocycles. The van der Waals surface area contributed by atoms with Crippen molar-refractivity contribution in [3.8, 4) is 0 Å². The van der Waals surface area contributed by atoms with Gasteiger partial charge in [0.2, 0.25) is 0 Å². The van der Waals surface area contributed by atoms with Crippen LogP contribution in [0, 0.1) is 12.8 Å². The van der Waals surface area contributed by atoms with Crippen molar-refractivity contribution in [1.82, 2.24) is 5.32 Å². The Hall–Kier alpha value is -0.530. The van der Waals surface area contributed by atoms with Crippen molar-refractivity contribution in [2.45, 2.75) is 46.6 Å². The molecule has 0 saturated carbocycles. The fraction of sp³-hybridized carbons (Fsp3) is 0.600. The first kappa shape index (κ1) is 14.5. The topological polar surface area (TPSA) is 12.0 Å². The van der Waals surface area contributed by atoms with Gasteiger partial charge in [-0.25, -0.2) is 0 Å². The van der Waals surface area contributed by atoms with E-state index in [1.54, 1.807) is 0 Å². The molecule has 1 rings (SSSR count). The second kappa shape index (κ2) is 7.03. The Morgan fingerprint density at radius 2 is 2.00 bits per heavy atom. The van der Waals surface area contributed by atoms with Gasteiger partial charge in [0.15, 0.2) is 0 Å². The first-order valence-corrected chi connectivity index (χ1v) is 6.96. The molecule has 2 heteroatoms. The van der Waals surface area contributed by atoms with Gasteiger partial charge in [-0.05, 0) is 36.9 Å². The largest absolute Gasteiger partial charge is 0.310 e. The van der Waals surface area contributed by atoms with Crippen LogP contribution in [0.5, 0.6) is 0 Å². The average Bonchev–Trinajstić information content (AvgIpc) is 2.32. The van der Waals surface area contributed by atoms with Gasteiger partial charge in [-0.1, -0.05) is 57.0 Å². The second-order valence-corrected chi connectivity index (χ2v) is 5.22. The molecular weight excluding hydrogens is 230 g/mol. The number of hydrogen-bond acceptors (Lipinski definition) is 1. The van der Waals surface area contributed by atoms with E-state index in [0.29, 0.717) is 6.04 Å². The molecule has 0 fully saturated rings. The molecule has 96 valence electrons. The zero-order valence-corrected chi connectivity index (χ0v) is 12.1. The van der Waals surface area contributed by atoms with E-state index >= 15 is 0 Å². The molecule has 0 amide bonds. The van der Waals surface area contributed by atoms with Gasteiger partial charge in [0.1, 0.15) is 0 Å². The van der Waals surface area contributed by atoms with Crippen LogP contribution in [-0.2, 0) is 0 Å². The van der Waals surface area contributed by atoms with Crippen LogP contribution in [-0.4, -0.2) is 6.54 Å². The maximum absolute atomic E-state index is 6.41. The smallest absolute Gasteiger partial charge is 0.0482 e. The molecule has 1 aromatic carbocycles. The van der Waals surface area contributed by atoms with E-state index < -0.39 is 0 Å². The number of rotatable bonds is 6. The molecular formula is C15H24ClN. The zero-order chi connectivity index (χ0) is 12.8. The molecule has 2 atom stereocenters. The Bertz CT molecular complexity index is 349. The number of benzene rings is 1. The monoisotopic (exact) mass is 253 g/mol. The van der Waals surface area contributed by atoms with Crippen molar-refractivity contribution in [3.63, 3.8) is 0 Å². The Morgan fingerprint density at radius 1 is 1.29 bits per heavy atom. The Morgan fingerprint density at radius 3 is 2.59 bits per heavy atom. The van der Waals surface area contributed by atoms with E-state index in [0.717, 1.165) is 29.5 Å². The van der Waals surface area contributed by atoms with Gasteiger partial charge < -0.3 is 5.32 Å². The fourth-order valence-electron chi connectivity index (χ4n) is 2.07. The summed E-state index contributed by atoms with van der Waals surface area (Å²) in [4.78, 5) is 0. The molecule has 0 bridgehead atoms. The highest BCUT2D eigenvalue weighted by Gasteiger charge is 2.16. The predicted molar refractivity (Wildman–Crippen MR) is 76.7 cm³/mol. The quantitative estimate of drug-likeness (QED) is 0.773. The van der Waals surface area contributed by atoms with Gasteiger partial charge in [-0.15, -0.1) is 0 Å². The Labute approximate surface area is 111 Å². The summed E-state index contributed by atoms with van der Waals surface area (Å²) in [5.41, 5.74) is 2.41. The Balaban J connectivity index is 2.92. The van der Waals surface area contributed by atoms with Crippen molar-refractivity contribution < 1.29 is 0 Å². The molecule has 0 aliphatic carbocycles. The van der Waals surface area contributed by atoms with Crippen LogP contribution in [0.1, 0.15) is 50.8 Å². The highest BCUT2D eigenvalue weighted by molar-refractivity contribution is 6.32. The van der Waals surface area contributed by atoms with Gasteiger partial charge in [0.25, 0.3) is 0 Å². The summed E-state index contributed by atoms with van der Waals surface area (Å²) < 4.78 is 0. The fourth-order valence-corrected chi connectivity index (χ4v) is 2.33. The van der Waals surface area contributed by atoms with Crippen LogP contribution < -0.4 is 5.32 Å². The van der Waals surface area contributed by atoms with E-state index in [9.17, 15) is 0 Å². The molecule has 17 heavy (non-hydrogen) atoms. The number of halogens is 1. The van der Waals surface area contributed by atoms with Crippen LogP contribution >= 0.6 is 11.6 Å². The summed E-state index contributed by atoms with van der Waals surface area (Å²) in [6.07, 6.45) is 2.36. The normalized spacial score (nSPS) is 14.6. The standard InChI is InChI=1S/C15H24ClN/c1-5-11(3)10-14(17-6-2)13-9-7-8-12(4)15(13)16/h7-9,11,14,17H,5-6,10H2,1-4H3. The van der Waals surface area contributed by atoms with Crippen molar-refractivity contribution in [2.75, 3.05) is 6.54 Å². The third-order valence-electron chi connectivity index (χ3n) is 3.38. The minimum atomic E-state index is 0.377. The lowest BCUT2D eigenvalue weighted by molar-refractivity contribution is 0.408. The molecule has 0 aliphatic rings. The number of hydrogen-bond donors (Lipinski definition) is 1. The molecule has 0 heterocycles. The van der Waals surface area contributed by atoms with Crippen molar-refractivity contribution in [1.29, 1.82) is 0 Å². The summed E-state index contributed by atoms with van der Waals surface area (Å²) in [5.74, 6) is 0.718.